The average Bonchev–Trinajstić information content (AvgIpc) is 2.72. The topological polar surface area (TPSA) is 98.5 Å². The predicted octanol–water partition coefficient (Wildman–Crippen LogP) is 3.89. The van der Waals surface area contributed by atoms with Crippen LogP contribution < -0.4 is 5.32 Å². The van der Waals surface area contributed by atoms with Crippen molar-refractivity contribution in [1.29, 1.82) is 0 Å². The number of anilines is 1. The Kier molecular flexibility index (Phi) is 6.32. The highest BCUT2D eigenvalue weighted by atomic mass is 32.2. The molecule has 1 aliphatic rings. The molecule has 1 aliphatic heterocycles. The van der Waals surface area contributed by atoms with E-state index in [0.29, 0.717) is 37.7 Å². The third-order valence-electron chi connectivity index (χ3n) is 5.23. The van der Waals surface area contributed by atoms with Gasteiger partial charge in [-0.25, -0.2) is 12.8 Å². The summed E-state index contributed by atoms with van der Waals surface area (Å²) in [5.74, 6) is -4.10. The highest BCUT2D eigenvalue weighted by Gasteiger charge is 2.36. The minimum Gasteiger partial charge on any atom is -0.381 e. The number of sulfone groups is 1. The molecule has 1 N–H and O–H groups in total. The molecule has 0 saturated carbocycles. The first-order valence-electron chi connectivity index (χ1n) is 9.04. The van der Waals surface area contributed by atoms with Gasteiger partial charge in [-0.3, -0.25) is 10.1 Å². The summed E-state index contributed by atoms with van der Waals surface area (Å²) in [5.41, 5.74) is -0.520. The number of nitrogens with one attached hydrogen (secondary N) is 1. The van der Waals surface area contributed by atoms with Gasteiger partial charge in [0.1, 0.15) is 11.5 Å². The Morgan fingerprint density at radius 2 is 1.87 bits per heavy atom. The summed E-state index contributed by atoms with van der Waals surface area (Å²) in [4.78, 5) is 9.76. The Hall–Kier alpha value is -2.66. The molecule has 0 amide bonds. The smallest absolute Gasteiger partial charge is 0.341 e. The van der Waals surface area contributed by atoms with Crippen LogP contribution in [0, 0.1) is 15.9 Å². The molecule has 2 aromatic rings. The summed E-state index contributed by atoms with van der Waals surface area (Å²) in [5, 5.41) is 14.4. The van der Waals surface area contributed by atoms with Gasteiger partial charge < -0.3 is 10.1 Å². The summed E-state index contributed by atoms with van der Waals surface area (Å²) < 4.78 is 68.0. The molecule has 1 fully saturated rings. The first-order valence-corrected chi connectivity index (χ1v) is 10.6. The Balaban J connectivity index is 1.93. The molecule has 0 radical (unpaired) electrons. The number of ether oxygens (including phenoxy) is 1. The van der Waals surface area contributed by atoms with Crippen molar-refractivity contribution in [3.8, 4) is 0 Å². The van der Waals surface area contributed by atoms with E-state index in [0.717, 1.165) is 12.1 Å². The van der Waals surface area contributed by atoms with Gasteiger partial charge in [0.2, 0.25) is 9.84 Å². The molecule has 0 atom stereocenters. The first kappa shape index (κ1) is 22.0. The zero-order valence-corrected chi connectivity index (χ0v) is 16.5. The van der Waals surface area contributed by atoms with Gasteiger partial charge in [-0.1, -0.05) is 12.1 Å². The normalized spacial score (nSPS) is 16.4. The lowest BCUT2D eigenvalue weighted by Gasteiger charge is -2.38. The highest BCUT2D eigenvalue weighted by molar-refractivity contribution is 7.91. The fourth-order valence-electron chi connectivity index (χ4n) is 3.50. The van der Waals surface area contributed by atoms with Gasteiger partial charge in [0.25, 0.3) is 5.69 Å². The number of halogens is 3. The summed E-state index contributed by atoms with van der Waals surface area (Å²) in [7, 11) is -4.97. The molecule has 7 nitrogen and oxygen atoms in total. The molecule has 0 bridgehead atoms. The van der Waals surface area contributed by atoms with Crippen molar-refractivity contribution in [1.82, 2.24) is 0 Å². The minimum atomic E-state index is -4.97. The second-order valence-corrected chi connectivity index (χ2v) is 8.92. The molecule has 11 heteroatoms. The Morgan fingerprint density at radius 1 is 1.17 bits per heavy atom. The third kappa shape index (κ3) is 4.41. The molecule has 0 spiro atoms. The van der Waals surface area contributed by atoms with E-state index in [-0.39, 0.29) is 12.2 Å². The van der Waals surface area contributed by atoms with Crippen molar-refractivity contribution in [3.05, 3.63) is 64.0 Å². The Bertz CT molecular complexity index is 1040. The SMILES string of the molecule is O=[N+]([O-])c1cc(S(=O)(=O)C(F)F)ccc1NCC1(c2cccc(F)c2)CCOCC1. The number of alkyl halides is 2. The molecular formula is C19H19F3N2O5S. The van der Waals surface area contributed by atoms with Crippen LogP contribution in [-0.4, -0.2) is 38.9 Å². The van der Waals surface area contributed by atoms with Gasteiger partial charge in [0, 0.05) is 31.2 Å². The van der Waals surface area contributed by atoms with Gasteiger partial charge in [0.05, 0.1) is 9.82 Å². The molecule has 2 aromatic carbocycles. The van der Waals surface area contributed by atoms with Crippen LogP contribution in [0.5, 0.6) is 0 Å². The number of nitro groups is 1. The van der Waals surface area contributed by atoms with E-state index in [9.17, 15) is 31.7 Å². The average molecular weight is 444 g/mol. The third-order valence-corrected chi connectivity index (χ3v) is 6.61. The fourth-order valence-corrected chi connectivity index (χ4v) is 4.24. The molecule has 0 aromatic heterocycles. The lowest BCUT2D eigenvalue weighted by atomic mass is 9.74. The number of rotatable bonds is 7. The van der Waals surface area contributed by atoms with Crippen molar-refractivity contribution in [3.63, 3.8) is 0 Å². The molecule has 0 aliphatic carbocycles. The van der Waals surface area contributed by atoms with Crippen LogP contribution in [0.25, 0.3) is 0 Å². The number of benzene rings is 2. The van der Waals surface area contributed by atoms with Crippen LogP contribution in [0.4, 0.5) is 24.5 Å². The van der Waals surface area contributed by atoms with E-state index in [1.165, 1.54) is 12.1 Å². The summed E-state index contributed by atoms with van der Waals surface area (Å²) >= 11 is 0. The van der Waals surface area contributed by atoms with Crippen LogP contribution in [0.3, 0.4) is 0 Å². The molecule has 1 heterocycles. The summed E-state index contributed by atoms with van der Waals surface area (Å²) in [6, 6.07) is 8.66. The Morgan fingerprint density at radius 3 is 2.47 bits per heavy atom. The monoisotopic (exact) mass is 444 g/mol. The predicted molar refractivity (Wildman–Crippen MR) is 103 cm³/mol. The van der Waals surface area contributed by atoms with Crippen molar-refractivity contribution in [2.75, 3.05) is 25.1 Å². The van der Waals surface area contributed by atoms with Crippen molar-refractivity contribution in [2.24, 2.45) is 0 Å². The van der Waals surface area contributed by atoms with Crippen LogP contribution >= 0.6 is 0 Å². The highest BCUT2D eigenvalue weighted by Crippen LogP contribution is 2.37. The van der Waals surface area contributed by atoms with Gasteiger partial charge in [0.15, 0.2) is 0 Å². The fraction of sp³-hybridized carbons (Fsp3) is 0.368. The van der Waals surface area contributed by atoms with Gasteiger partial charge in [-0.15, -0.1) is 0 Å². The largest absolute Gasteiger partial charge is 0.381 e. The number of nitrogens with zero attached hydrogens (tertiary/aromatic N) is 1. The van der Waals surface area contributed by atoms with Crippen molar-refractivity contribution in [2.45, 2.75) is 28.9 Å². The zero-order valence-electron chi connectivity index (χ0n) is 15.7. The molecule has 3 rings (SSSR count). The lowest BCUT2D eigenvalue weighted by molar-refractivity contribution is -0.384. The number of hydrogen-bond acceptors (Lipinski definition) is 6. The van der Waals surface area contributed by atoms with Crippen LogP contribution in [0.1, 0.15) is 18.4 Å². The molecule has 1 saturated heterocycles. The van der Waals surface area contributed by atoms with Crippen LogP contribution in [0.15, 0.2) is 47.4 Å². The quantitative estimate of drug-likeness (QED) is 0.514. The van der Waals surface area contributed by atoms with Crippen LogP contribution in [-0.2, 0) is 20.0 Å². The van der Waals surface area contributed by atoms with Crippen molar-refractivity contribution < 1.29 is 31.2 Å². The van der Waals surface area contributed by atoms with Crippen molar-refractivity contribution >= 4 is 21.2 Å². The zero-order chi connectivity index (χ0) is 21.9. The van der Waals surface area contributed by atoms with Gasteiger partial charge in [-0.2, -0.15) is 8.78 Å². The van der Waals surface area contributed by atoms with E-state index >= 15 is 0 Å². The molecular weight excluding hydrogens is 425 g/mol. The first-order chi connectivity index (χ1) is 14.2. The second-order valence-electron chi connectivity index (χ2n) is 7.00. The molecule has 0 unspecified atom stereocenters. The van der Waals surface area contributed by atoms with Crippen LogP contribution in [0.2, 0.25) is 0 Å². The maximum absolute atomic E-state index is 13.8. The molecule has 30 heavy (non-hydrogen) atoms. The number of nitro benzene ring substituents is 1. The maximum atomic E-state index is 13.8. The maximum Gasteiger partial charge on any atom is 0.341 e. The van der Waals surface area contributed by atoms with E-state index < -0.39 is 42.3 Å². The minimum absolute atomic E-state index is 0.0181. The molecule has 162 valence electrons. The second kappa shape index (κ2) is 8.60. The van der Waals surface area contributed by atoms with Gasteiger partial charge in [-0.05, 0) is 42.7 Å². The van der Waals surface area contributed by atoms with E-state index in [1.807, 2.05) is 0 Å². The van der Waals surface area contributed by atoms with E-state index in [4.69, 9.17) is 4.74 Å². The number of hydrogen-bond donors (Lipinski definition) is 1. The lowest BCUT2D eigenvalue weighted by Crippen LogP contribution is -2.40. The van der Waals surface area contributed by atoms with Gasteiger partial charge >= 0.3 is 5.76 Å². The van der Waals surface area contributed by atoms with E-state index in [1.54, 1.807) is 12.1 Å². The summed E-state index contributed by atoms with van der Waals surface area (Å²) in [6.07, 6.45) is 1.07. The standard InChI is InChI=1S/C19H19F3N2O5S/c20-14-3-1-2-13(10-14)19(6-8-29-9-7-19)12-23-16-5-4-15(11-17(16)24(25)26)30(27,28)18(21)22/h1-5,10-11,18,23H,6-9,12H2. The summed E-state index contributed by atoms with van der Waals surface area (Å²) in [6.45, 7) is 1.03. The van der Waals surface area contributed by atoms with E-state index in [2.05, 4.69) is 5.32 Å². The Labute approximate surface area is 170 Å².